The van der Waals surface area contributed by atoms with Crippen LogP contribution in [-0.4, -0.2) is 7.11 Å². The van der Waals surface area contributed by atoms with Crippen molar-refractivity contribution in [1.82, 2.24) is 0 Å². The zero-order valence-corrected chi connectivity index (χ0v) is 10.2. The maximum absolute atomic E-state index is 13.8. The Morgan fingerprint density at radius 2 is 1.26 bits per heavy atom. The van der Waals surface area contributed by atoms with E-state index in [4.69, 9.17) is 4.74 Å². The molecule has 1 nitrogen and oxygen atoms in total. The van der Waals surface area contributed by atoms with Gasteiger partial charge in [-0.05, 0) is 24.6 Å². The van der Waals surface area contributed by atoms with Crippen molar-refractivity contribution in [3.63, 3.8) is 0 Å². The molecule has 0 aliphatic rings. The Balaban J connectivity index is 2.67. The average Bonchev–Trinajstić information content (AvgIpc) is 2.44. The molecule has 2 aromatic carbocycles. The van der Waals surface area contributed by atoms with Gasteiger partial charge in [0.1, 0.15) is 5.75 Å². The van der Waals surface area contributed by atoms with Crippen LogP contribution in [0.5, 0.6) is 5.75 Å². The second-order valence-corrected chi connectivity index (χ2v) is 3.98. The monoisotopic (exact) mass is 270 g/mol. The summed E-state index contributed by atoms with van der Waals surface area (Å²) in [5.41, 5.74) is -1.36. The van der Waals surface area contributed by atoms with Crippen molar-refractivity contribution in [1.29, 1.82) is 0 Å². The fraction of sp³-hybridized carbons (Fsp3) is 0.143. The predicted octanol–water partition coefficient (Wildman–Crippen LogP) is 4.23. The fourth-order valence-electron chi connectivity index (χ4n) is 1.75. The third kappa shape index (κ3) is 2.16. The van der Waals surface area contributed by atoms with E-state index in [-0.39, 0.29) is 5.56 Å². The highest BCUT2D eigenvalue weighted by Gasteiger charge is 2.23. The van der Waals surface area contributed by atoms with E-state index in [1.165, 1.54) is 31.4 Å². The van der Waals surface area contributed by atoms with Gasteiger partial charge in [0.25, 0.3) is 0 Å². The van der Waals surface area contributed by atoms with Crippen LogP contribution < -0.4 is 4.74 Å². The molecule has 0 amide bonds. The Kier molecular flexibility index (Phi) is 3.46. The van der Waals surface area contributed by atoms with Gasteiger partial charge in [-0.25, -0.2) is 17.6 Å². The Labute approximate surface area is 107 Å². The minimum Gasteiger partial charge on any atom is -0.497 e. The zero-order chi connectivity index (χ0) is 14.2. The molecule has 100 valence electrons. The van der Waals surface area contributed by atoms with E-state index >= 15 is 0 Å². The summed E-state index contributed by atoms with van der Waals surface area (Å²) >= 11 is 0. The van der Waals surface area contributed by atoms with Gasteiger partial charge in [-0.1, -0.05) is 12.1 Å². The van der Waals surface area contributed by atoms with Crippen molar-refractivity contribution in [2.45, 2.75) is 6.92 Å². The smallest absolute Gasteiger partial charge is 0.170 e. The lowest BCUT2D eigenvalue weighted by Gasteiger charge is -2.10. The largest absolute Gasteiger partial charge is 0.497 e. The molecule has 0 spiro atoms. The molecule has 19 heavy (non-hydrogen) atoms. The van der Waals surface area contributed by atoms with Gasteiger partial charge in [-0.15, -0.1) is 0 Å². The minimum absolute atomic E-state index is 0.0357. The number of hydrogen-bond donors (Lipinski definition) is 0. The van der Waals surface area contributed by atoms with Gasteiger partial charge in [0.15, 0.2) is 23.3 Å². The second kappa shape index (κ2) is 4.91. The van der Waals surface area contributed by atoms with Crippen LogP contribution in [0.3, 0.4) is 0 Å². The normalized spacial score (nSPS) is 10.6. The van der Waals surface area contributed by atoms with Crippen LogP contribution in [0.1, 0.15) is 5.56 Å². The molecule has 0 unspecified atom stereocenters. The molecule has 0 aromatic heterocycles. The van der Waals surface area contributed by atoms with E-state index in [1.54, 1.807) is 0 Å². The lowest BCUT2D eigenvalue weighted by molar-refractivity contribution is 0.415. The van der Waals surface area contributed by atoms with E-state index in [1.807, 2.05) is 0 Å². The van der Waals surface area contributed by atoms with Crippen molar-refractivity contribution >= 4 is 0 Å². The third-order valence-corrected chi connectivity index (χ3v) is 2.86. The van der Waals surface area contributed by atoms with Crippen LogP contribution in [0.25, 0.3) is 11.1 Å². The van der Waals surface area contributed by atoms with E-state index in [2.05, 4.69) is 0 Å². The maximum atomic E-state index is 13.8. The summed E-state index contributed by atoms with van der Waals surface area (Å²) in [6, 6.07) is 5.55. The molecule has 0 heterocycles. The summed E-state index contributed by atoms with van der Waals surface area (Å²) in [6.07, 6.45) is 0. The number of rotatable bonds is 2. The molecule has 0 fully saturated rings. The first kappa shape index (κ1) is 13.4. The minimum atomic E-state index is -1.40. The van der Waals surface area contributed by atoms with E-state index in [0.717, 1.165) is 6.92 Å². The highest BCUT2D eigenvalue weighted by molar-refractivity contribution is 5.66. The molecular weight excluding hydrogens is 260 g/mol. The summed E-state index contributed by atoms with van der Waals surface area (Å²) in [7, 11) is 1.43. The molecule has 0 bridgehead atoms. The molecule has 0 saturated carbocycles. The van der Waals surface area contributed by atoms with E-state index in [9.17, 15) is 17.6 Å². The van der Waals surface area contributed by atoms with Crippen molar-refractivity contribution in [3.05, 3.63) is 53.1 Å². The van der Waals surface area contributed by atoms with Gasteiger partial charge in [0.05, 0.1) is 12.7 Å². The quantitative estimate of drug-likeness (QED) is 0.586. The van der Waals surface area contributed by atoms with Gasteiger partial charge < -0.3 is 4.74 Å². The SMILES string of the molecule is COc1ccc(-c2c(F)c(F)c(C)c(F)c2F)cc1. The van der Waals surface area contributed by atoms with Crippen LogP contribution in [0.4, 0.5) is 17.6 Å². The first-order valence-corrected chi connectivity index (χ1v) is 5.44. The van der Waals surface area contributed by atoms with Crippen LogP contribution in [-0.2, 0) is 0 Å². The lowest BCUT2D eigenvalue weighted by atomic mass is 10.0. The molecule has 0 radical (unpaired) electrons. The predicted molar refractivity (Wildman–Crippen MR) is 63.0 cm³/mol. The number of hydrogen-bond acceptors (Lipinski definition) is 1. The van der Waals surface area contributed by atoms with Gasteiger partial charge >= 0.3 is 0 Å². The van der Waals surface area contributed by atoms with Gasteiger partial charge in [0, 0.05) is 5.56 Å². The van der Waals surface area contributed by atoms with E-state index < -0.39 is 34.4 Å². The van der Waals surface area contributed by atoms with Gasteiger partial charge in [-0.2, -0.15) is 0 Å². The molecule has 2 rings (SSSR count). The van der Waals surface area contributed by atoms with Crippen LogP contribution >= 0.6 is 0 Å². The molecular formula is C14H10F4O. The summed E-state index contributed by atoms with van der Waals surface area (Å²) in [5.74, 6) is -5.10. The Morgan fingerprint density at radius 3 is 1.68 bits per heavy atom. The second-order valence-electron chi connectivity index (χ2n) is 3.98. The summed E-state index contributed by atoms with van der Waals surface area (Å²) in [5, 5.41) is 0. The molecule has 2 aromatic rings. The Bertz CT molecular complexity index is 591. The lowest BCUT2D eigenvalue weighted by Crippen LogP contribution is -2.03. The van der Waals surface area contributed by atoms with Crippen molar-refractivity contribution < 1.29 is 22.3 Å². The first-order valence-electron chi connectivity index (χ1n) is 5.44. The number of benzene rings is 2. The molecule has 0 N–H and O–H groups in total. The number of methoxy groups -OCH3 is 1. The highest BCUT2D eigenvalue weighted by atomic mass is 19.2. The summed E-state index contributed by atoms with van der Waals surface area (Å²) in [4.78, 5) is 0. The van der Waals surface area contributed by atoms with Crippen LogP contribution in [0.2, 0.25) is 0 Å². The third-order valence-electron chi connectivity index (χ3n) is 2.86. The Morgan fingerprint density at radius 1 is 0.789 bits per heavy atom. The number of ether oxygens (including phenoxy) is 1. The Hall–Kier alpha value is -2.04. The standard InChI is InChI=1S/C14H10F4O/c1-7-11(15)13(17)10(14(18)12(7)16)8-3-5-9(19-2)6-4-8/h3-6H,1-2H3. The highest BCUT2D eigenvalue weighted by Crippen LogP contribution is 2.32. The first-order chi connectivity index (χ1) is 8.97. The van der Waals surface area contributed by atoms with Crippen molar-refractivity contribution in [2.24, 2.45) is 0 Å². The van der Waals surface area contributed by atoms with E-state index in [0.29, 0.717) is 5.75 Å². The summed E-state index contributed by atoms with van der Waals surface area (Å²) < 4.78 is 59.3. The van der Waals surface area contributed by atoms with Crippen LogP contribution in [0.15, 0.2) is 24.3 Å². The zero-order valence-electron chi connectivity index (χ0n) is 10.2. The average molecular weight is 270 g/mol. The van der Waals surface area contributed by atoms with Crippen molar-refractivity contribution in [3.8, 4) is 16.9 Å². The topological polar surface area (TPSA) is 9.23 Å². The molecule has 0 saturated heterocycles. The molecule has 0 aliphatic heterocycles. The van der Waals surface area contributed by atoms with Crippen molar-refractivity contribution in [2.75, 3.05) is 7.11 Å². The maximum Gasteiger partial charge on any atom is 0.170 e. The number of halogens is 4. The molecule has 0 aliphatic carbocycles. The van der Waals surface area contributed by atoms with Crippen LogP contribution in [0, 0.1) is 30.2 Å². The fourth-order valence-corrected chi connectivity index (χ4v) is 1.75. The molecule has 0 atom stereocenters. The molecule has 5 heteroatoms. The summed E-state index contributed by atoms with van der Waals surface area (Å²) in [6.45, 7) is 0.981. The van der Waals surface area contributed by atoms with Gasteiger partial charge in [-0.3, -0.25) is 0 Å². The van der Waals surface area contributed by atoms with Gasteiger partial charge in [0.2, 0.25) is 0 Å².